The second-order valence-electron chi connectivity index (χ2n) is 7.66. The van der Waals surface area contributed by atoms with Gasteiger partial charge in [-0.25, -0.2) is 13.4 Å². The zero-order valence-corrected chi connectivity index (χ0v) is 18.3. The van der Waals surface area contributed by atoms with Crippen LogP contribution in [0.25, 0.3) is 0 Å². The molecule has 1 atom stereocenters. The molecule has 0 unspecified atom stereocenters. The van der Waals surface area contributed by atoms with Crippen molar-refractivity contribution in [2.75, 3.05) is 24.3 Å². The summed E-state index contributed by atoms with van der Waals surface area (Å²) in [6.45, 7) is 1.88. The highest BCUT2D eigenvalue weighted by Crippen LogP contribution is 2.33. The number of nitrogens with zero attached hydrogens (tertiary/aromatic N) is 2. The molecule has 0 aliphatic carbocycles. The van der Waals surface area contributed by atoms with Gasteiger partial charge >= 0.3 is 0 Å². The molecule has 3 aromatic carbocycles. The summed E-state index contributed by atoms with van der Waals surface area (Å²) in [5.41, 5.74) is 3.75. The predicted octanol–water partition coefficient (Wildman–Crippen LogP) is 3.52. The Morgan fingerprint density at radius 1 is 0.935 bits per heavy atom. The van der Waals surface area contributed by atoms with Gasteiger partial charge in [0.15, 0.2) is 0 Å². The first-order valence-electron chi connectivity index (χ1n) is 9.82. The Labute approximate surface area is 182 Å². The van der Waals surface area contributed by atoms with Crippen LogP contribution < -0.4 is 15.0 Å². The van der Waals surface area contributed by atoms with E-state index in [0.717, 1.165) is 21.8 Å². The van der Waals surface area contributed by atoms with Gasteiger partial charge in [0.2, 0.25) is 0 Å². The van der Waals surface area contributed by atoms with Gasteiger partial charge in [-0.05, 0) is 48.9 Å². The summed E-state index contributed by atoms with van der Waals surface area (Å²) in [6.07, 6.45) is -0.709. The van der Waals surface area contributed by atoms with Crippen molar-refractivity contribution in [2.45, 2.75) is 18.0 Å². The maximum atomic E-state index is 13.3. The van der Waals surface area contributed by atoms with Crippen LogP contribution >= 0.6 is 0 Å². The maximum Gasteiger partial charge on any atom is 0.273 e. The van der Waals surface area contributed by atoms with E-state index >= 15 is 0 Å². The smallest absolute Gasteiger partial charge is 0.273 e. The van der Waals surface area contributed by atoms with Crippen molar-refractivity contribution in [1.82, 2.24) is 9.84 Å². The number of hydrazine groups is 1. The van der Waals surface area contributed by atoms with E-state index in [-0.39, 0.29) is 4.90 Å². The lowest BCUT2D eigenvalue weighted by molar-refractivity contribution is 0.0633. The number of para-hydroxylation sites is 1. The largest absolute Gasteiger partial charge is 0.378 e. The first-order chi connectivity index (χ1) is 14.8. The molecule has 0 radical (unpaired) electrons. The first kappa shape index (κ1) is 20.9. The van der Waals surface area contributed by atoms with Crippen LogP contribution in [0.3, 0.4) is 0 Å². The quantitative estimate of drug-likeness (QED) is 0.640. The molecule has 0 bridgehead atoms. The fraction of sp³-hybridized carbons (Fsp3) is 0.174. The highest BCUT2D eigenvalue weighted by molar-refractivity contribution is 7.89. The Morgan fingerprint density at radius 3 is 2.23 bits per heavy atom. The highest BCUT2D eigenvalue weighted by atomic mass is 32.2. The molecule has 1 aliphatic heterocycles. The van der Waals surface area contributed by atoms with Gasteiger partial charge in [0, 0.05) is 25.5 Å². The first-order valence-corrected chi connectivity index (χ1v) is 11.3. The number of aryl methyl sites for hydroxylation is 1. The molecule has 31 heavy (non-hydrogen) atoms. The lowest BCUT2D eigenvalue weighted by atomic mass is 10.0. The van der Waals surface area contributed by atoms with Crippen LogP contribution in [0.5, 0.6) is 0 Å². The SMILES string of the molecule is Cc1ccc(S(=O)(=O)NN2C(=O)c3ccccc3N[C@H]2c2ccc(N(C)C)cc2)cc1. The summed E-state index contributed by atoms with van der Waals surface area (Å²) in [5, 5.41) is 4.43. The molecule has 0 saturated heterocycles. The van der Waals surface area contributed by atoms with Crippen molar-refractivity contribution < 1.29 is 13.2 Å². The lowest BCUT2D eigenvalue weighted by Gasteiger charge is -2.37. The number of sulfonamides is 1. The molecule has 7 nitrogen and oxygen atoms in total. The highest BCUT2D eigenvalue weighted by Gasteiger charge is 2.36. The van der Waals surface area contributed by atoms with E-state index in [9.17, 15) is 13.2 Å². The van der Waals surface area contributed by atoms with Crippen molar-refractivity contribution in [1.29, 1.82) is 0 Å². The number of hydrogen-bond donors (Lipinski definition) is 2. The van der Waals surface area contributed by atoms with E-state index in [1.807, 2.05) is 56.3 Å². The van der Waals surface area contributed by atoms with Crippen molar-refractivity contribution in [3.63, 3.8) is 0 Å². The third kappa shape index (κ3) is 4.12. The Balaban J connectivity index is 1.74. The van der Waals surface area contributed by atoms with Gasteiger partial charge in [-0.15, -0.1) is 4.83 Å². The Kier molecular flexibility index (Phi) is 5.43. The number of carbonyl (C=O) groups excluding carboxylic acids is 1. The minimum absolute atomic E-state index is 0.0893. The fourth-order valence-corrected chi connectivity index (χ4v) is 4.48. The molecule has 3 aromatic rings. The number of carbonyl (C=O) groups is 1. The molecule has 1 aliphatic rings. The fourth-order valence-electron chi connectivity index (χ4n) is 3.44. The van der Waals surface area contributed by atoms with Crippen LogP contribution in [-0.2, 0) is 10.0 Å². The molecular formula is C23H24N4O3S. The minimum atomic E-state index is -3.97. The summed E-state index contributed by atoms with van der Waals surface area (Å²) in [7, 11) is -0.0875. The zero-order valence-electron chi connectivity index (χ0n) is 17.5. The normalized spacial score (nSPS) is 15.9. The topological polar surface area (TPSA) is 81.8 Å². The molecule has 1 heterocycles. The Bertz CT molecular complexity index is 1210. The van der Waals surface area contributed by atoms with Gasteiger partial charge in [0.25, 0.3) is 15.9 Å². The number of anilines is 2. The summed E-state index contributed by atoms with van der Waals surface area (Å²) in [5.74, 6) is -0.424. The molecule has 0 spiro atoms. The number of hydrogen-bond acceptors (Lipinski definition) is 5. The minimum Gasteiger partial charge on any atom is -0.378 e. The van der Waals surface area contributed by atoms with E-state index in [1.165, 1.54) is 12.1 Å². The average molecular weight is 437 g/mol. The second kappa shape index (κ2) is 8.05. The number of benzene rings is 3. The zero-order chi connectivity index (χ0) is 22.2. The van der Waals surface area contributed by atoms with E-state index in [4.69, 9.17) is 0 Å². The third-order valence-electron chi connectivity index (χ3n) is 5.20. The molecule has 4 rings (SSSR count). The van der Waals surface area contributed by atoms with Gasteiger partial charge in [-0.2, -0.15) is 0 Å². The Morgan fingerprint density at radius 2 is 1.58 bits per heavy atom. The van der Waals surface area contributed by atoms with Gasteiger partial charge in [0.1, 0.15) is 6.17 Å². The molecule has 0 fully saturated rings. The van der Waals surface area contributed by atoms with E-state index in [0.29, 0.717) is 11.3 Å². The van der Waals surface area contributed by atoms with Crippen LogP contribution in [0, 0.1) is 6.92 Å². The van der Waals surface area contributed by atoms with Gasteiger partial charge < -0.3 is 10.2 Å². The molecule has 0 saturated carbocycles. The molecular weight excluding hydrogens is 412 g/mol. The average Bonchev–Trinajstić information content (AvgIpc) is 2.76. The number of rotatable bonds is 5. The van der Waals surface area contributed by atoms with Crippen molar-refractivity contribution in [3.05, 3.63) is 89.5 Å². The number of amides is 1. The summed E-state index contributed by atoms with van der Waals surface area (Å²) in [6, 6.07) is 21.1. The van der Waals surface area contributed by atoms with Crippen LogP contribution in [-0.4, -0.2) is 33.4 Å². The monoisotopic (exact) mass is 436 g/mol. The summed E-state index contributed by atoms with van der Waals surface area (Å²) < 4.78 is 26.1. The standard InChI is InChI=1S/C23H24N4O3S/c1-16-8-14-19(15-9-16)31(29,30)25-27-22(17-10-12-18(13-11-17)26(2)3)24-21-7-5-4-6-20(21)23(27)28/h4-15,22,24-25H,1-3H3/t22-/m1/s1. The van der Waals surface area contributed by atoms with E-state index in [1.54, 1.807) is 30.3 Å². The van der Waals surface area contributed by atoms with Crippen LogP contribution in [0.4, 0.5) is 11.4 Å². The summed E-state index contributed by atoms with van der Waals surface area (Å²) >= 11 is 0. The molecule has 2 N–H and O–H groups in total. The molecule has 0 aromatic heterocycles. The number of nitrogens with one attached hydrogen (secondary N) is 2. The van der Waals surface area contributed by atoms with Crippen LogP contribution in [0.2, 0.25) is 0 Å². The maximum absolute atomic E-state index is 13.3. The van der Waals surface area contributed by atoms with Crippen LogP contribution in [0.1, 0.15) is 27.7 Å². The van der Waals surface area contributed by atoms with Crippen molar-refractivity contribution in [3.8, 4) is 0 Å². The lowest BCUT2D eigenvalue weighted by Crippen LogP contribution is -2.52. The van der Waals surface area contributed by atoms with Crippen LogP contribution in [0.15, 0.2) is 77.7 Å². The number of fused-ring (bicyclic) bond motifs is 1. The molecule has 8 heteroatoms. The molecule has 160 valence electrons. The van der Waals surface area contributed by atoms with Gasteiger partial charge in [-0.3, -0.25) is 4.79 Å². The molecule has 1 amide bonds. The van der Waals surface area contributed by atoms with Crippen molar-refractivity contribution in [2.24, 2.45) is 0 Å². The van der Waals surface area contributed by atoms with Crippen molar-refractivity contribution >= 4 is 27.3 Å². The second-order valence-corrected chi connectivity index (χ2v) is 9.32. The summed E-state index contributed by atoms with van der Waals surface area (Å²) in [4.78, 5) is 17.8. The van der Waals surface area contributed by atoms with E-state index in [2.05, 4.69) is 10.1 Å². The van der Waals surface area contributed by atoms with Gasteiger partial charge in [0.05, 0.1) is 10.5 Å². The van der Waals surface area contributed by atoms with E-state index < -0.39 is 22.1 Å². The van der Waals surface area contributed by atoms with Gasteiger partial charge in [-0.1, -0.05) is 42.0 Å². The predicted molar refractivity (Wildman–Crippen MR) is 121 cm³/mol. The third-order valence-corrected chi connectivity index (χ3v) is 6.53. The Hall–Kier alpha value is -3.36.